The van der Waals surface area contributed by atoms with Crippen molar-refractivity contribution in [3.63, 3.8) is 0 Å². The molecule has 4 heteroatoms. The molecule has 1 aliphatic heterocycles. The zero-order valence-electron chi connectivity index (χ0n) is 7.81. The average Bonchev–Trinajstić information content (AvgIpc) is 2.18. The van der Waals surface area contributed by atoms with Crippen LogP contribution in [0, 0.1) is 0 Å². The number of hydrogen-bond donors (Lipinski definition) is 1. The van der Waals surface area contributed by atoms with Crippen molar-refractivity contribution >= 4 is 10.0 Å². The summed E-state index contributed by atoms with van der Waals surface area (Å²) in [5.41, 5.74) is 1.05. The third-order valence-corrected chi connectivity index (χ3v) is 3.90. The lowest BCUT2D eigenvalue weighted by Crippen LogP contribution is -2.35. The van der Waals surface area contributed by atoms with Crippen molar-refractivity contribution < 1.29 is 8.42 Å². The minimum Gasteiger partial charge on any atom is -0.212 e. The molecule has 14 heavy (non-hydrogen) atoms. The van der Waals surface area contributed by atoms with Gasteiger partial charge in [0.05, 0.1) is 5.75 Å². The van der Waals surface area contributed by atoms with Crippen molar-refractivity contribution in [1.82, 2.24) is 4.72 Å². The lowest BCUT2D eigenvalue weighted by atomic mass is 10.0. The van der Waals surface area contributed by atoms with E-state index in [0.29, 0.717) is 0 Å². The highest BCUT2D eigenvalue weighted by atomic mass is 32.2. The van der Waals surface area contributed by atoms with Crippen molar-refractivity contribution in [3.8, 4) is 0 Å². The Morgan fingerprint density at radius 3 is 2.57 bits per heavy atom. The van der Waals surface area contributed by atoms with Crippen LogP contribution in [0.2, 0.25) is 0 Å². The minimum absolute atomic E-state index is 0.0325. The molecule has 1 fully saturated rings. The molecule has 0 unspecified atom stereocenters. The van der Waals surface area contributed by atoms with Gasteiger partial charge in [-0.25, -0.2) is 13.1 Å². The summed E-state index contributed by atoms with van der Waals surface area (Å²) in [5.74, 6) is 0.260. The van der Waals surface area contributed by atoms with Crippen LogP contribution >= 0.6 is 0 Å². The summed E-state index contributed by atoms with van der Waals surface area (Å²) in [6.45, 7) is 0. The van der Waals surface area contributed by atoms with Crippen LogP contribution in [-0.2, 0) is 10.0 Å². The van der Waals surface area contributed by atoms with Crippen LogP contribution in [-0.4, -0.2) is 14.2 Å². The van der Waals surface area contributed by atoms with Crippen molar-refractivity contribution in [2.24, 2.45) is 0 Å². The van der Waals surface area contributed by atoms with E-state index in [4.69, 9.17) is 0 Å². The van der Waals surface area contributed by atoms with Gasteiger partial charge in [0.1, 0.15) is 0 Å². The molecule has 0 amide bonds. The zero-order valence-corrected chi connectivity index (χ0v) is 8.63. The molecule has 1 atom stereocenters. The van der Waals surface area contributed by atoms with Crippen molar-refractivity contribution in [3.05, 3.63) is 35.9 Å². The van der Waals surface area contributed by atoms with E-state index in [0.717, 1.165) is 18.4 Å². The van der Waals surface area contributed by atoms with Crippen LogP contribution < -0.4 is 4.72 Å². The summed E-state index contributed by atoms with van der Waals surface area (Å²) in [5, 5.41) is 0. The normalized spacial score (nSPS) is 25.9. The van der Waals surface area contributed by atoms with Gasteiger partial charge >= 0.3 is 0 Å². The number of sulfonamides is 1. The SMILES string of the molecule is O=S1(=O)CCC[C@@H](c2ccccc2)N1. The van der Waals surface area contributed by atoms with E-state index in [1.807, 2.05) is 30.3 Å². The highest BCUT2D eigenvalue weighted by Crippen LogP contribution is 2.23. The van der Waals surface area contributed by atoms with Gasteiger partial charge in [-0.05, 0) is 18.4 Å². The minimum atomic E-state index is -3.03. The Kier molecular flexibility index (Phi) is 2.56. The Morgan fingerprint density at radius 2 is 1.93 bits per heavy atom. The highest BCUT2D eigenvalue weighted by molar-refractivity contribution is 7.89. The Labute approximate surface area is 84.2 Å². The van der Waals surface area contributed by atoms with Gasteiger partial charge in [-0.3, -0.25) is 0 Å². The molecule has 2 rings (SSSR count). The van der Waals surface area contributed by atoms with Gasteiger partial charge in [0, 0.05) is 6.04 Å². The fourth-order valence-corrected chi connectivity index (χ4v) is 3.08. The van der Waals surface area contributed by atoms with Crippen LogP contribution in [0.4, 0.5) is 0 Å². The molecule has 1 N–H and O–H groups in total. The highest BCUT2D eigenvalue weighted by Gasteiger charge is 2.24. The van der Waals surface area contributed by atoms with Gasteiger partial charge in [0.15, 0.2) is 0 Å². The van der Waals surface area contributed by atoms with Gasteiger partial charge in [0.2, 0.25) is 10.0 Å². The first kappa shape index (κ1) is 9.68. The van der Waals surface area contributed by atoms with Crippen molar-refractivity contribution in [2.75, 3.05) is 5.75 Å². The maximum absolute atomic E-state index is 11.3. The zero-order chi connectivity index (χ0) is 10.0. The standard InChI is InChI=1S/C10H13NO2S/c12-14(13)8-4-7-10(11-14)9-5-2-1-3-6-9/h1-3,5-6,10-11H,4,7-8H2/t10-/m0/s1. The lowest BCUT2D eigenvalue weighted by molar-refractivity contribution is 0.507. The smallest absolute Gasteiger partial charge is 0.212 e. The van der Waals surface area contributed by atoms with E-state index in [1.54, 1.807) is 0 Å². The summed E-state index contributed by atoms with van der Waals surface area (Å²) in [4.78, 5) is 0. The van der Waals surface area contributed by atoms with Gasteiger partial charge in [0.25, 0.3) is 0 Å². The summed E-state index contributed by atoms with van der Waals surface area (Å²) in [7, 11) is -3.03. The van der Waals surface area contributed by atoms with Gasteiger partial charge in [-0.2, -0.15) is 0 Å². The summed E-state index contributed by atoms with van der Waals surface area (Å²) < 4.78 is 25.3. The van der Waals surface area contributed by atoms with Gasteiger partial charge < -0.3 is 0 Å². The molecule has 0 radical (unpaired) electrons. The second-order valence-corrected chi connectivity index (χ2v) is 5.42. The van der Waals surface area contributed by atoms with Crippen LogP contribution in [0.3, 0.4) is 0 Å². The third-order valence-electron chi connectivity index (χ3n) is 2.43. The van der Waals surface area contributed by atoms with E-state index < -0.39 is 10.0 Å². The largest absolute Gasteiger partial charge is 0.212 e. The molecule has 0 saturated carbocycles. The maximum atomic E-state index is 11.3. The van der Waals surface area contributed by atoms with Gasteiger partial charge in [-0.1, -0.05) is 30.3 Å². The summed E-state index contributed by atoms with van der Waals surface area (Å²) in [6.07, 6.45) is 1.64. The molecular formula is C10H13NO2S. The molecule has 0 aromatic heterocycles. The second-order valence-electron chi connectivity index (χ2n) is 3.54. The molecule has 1 aromatic carbocycles. The average molecular weight is 211 g/mol. The van der Waals surface area contributed by atoms with Crippen LogP contribution in [0.5, 0.6) is 0 Å². The lowest BCUT2D eigenvalue weighted by Gasteiger charge is -2.23. The number of nitrogens with one attached hydrogen (secondary N) is 1. The molecular weight excluding hydrogens is 198 g/mol. The van der Waals surface area contributed by atoms with Crippen molar-refractivity contribution in [1.29, 1.82) is 0 Å². The first-order chi connectivity index (χ1) is 6.67. The predicted octanol–water partition coefficient (Wildman–Crippen LogP) is 1.44. The number of hydrogen-bond acceptors (Lipinski definition) is 2. The summed E-state index contributed by atoms with van der Waals surface area (Å²) in [6, 6.07) is 9.67. The molecule has 1 saturated heterocycles. The van der Waals surface area contributed by atoms with E-state index in [1.165, 1.54) is 0 Å². The Balaban J connectivity index is 2.21. The third kappa shape index (κ3) is 2.13. The van der Waals surface area contributed by atoms with Crippen LogP contribution in [0.1, 0.15) is 24.4 Å². The van der Waals surface area contributed by atoms with Crippen molar-refractivity contribution in [2.45, 2.75) is 18.9 Å². The quantitative estimate of drug-likeness (QED) is 0.764. The van der Waals surface area contributed by atoms with E-state index in [9.17, 15) is 8.42 Å². The van der Waals surface area contributed by atoms with E-state index >= 15 is 0 Å². The number of rotatable bonds is 1. The molecule has 3 nitrogen and oxygen atoms in total. The Hall–Kier alpha value is -0.870. The van der Waals surface area contributed by atoms with Gasteiger partial charge in [-0.15, -0.1) is 0 Å². The number of benzene rings is 1. The fourth-order valence-electron chi connectivity index (χ4n) is 1.73. The topological polar surface area (TPSA) is 46.2 Å². The molecule has 0 aliphatic carbocycles. The summed E-state index contributed by atoms with van der Waals surface area (Å²) >= 11 is 0. The fraction of sp³-hybridized carbons (Fsp3) is 0.400. The van der Waals surface area contributed by atoms with Crippen LogP contribution in [0.25, 0.3) is 0 Å². The van der Waals surface area contributed by atoms with Crippen LogP contribution in [0.15, 0.2) is 30.3 Å². The second kappa shape index (κ2) is 3.71. The molecule has 0 bridgehead atoms. The molecule has 76 valence electrons. The Bertz CT molecular complexity index is 399. The van der Waals surface area contributed by atoms with E-state index in [-0.39, 0.29) is 11.8 Å². The first-order valence-electron chi connectivity index (χ1n) is 4.72. The molecule has 1 aromatic rings. The monoisotopic (exact) mass is 211 g/mol. The molecule has 0 spiro atoms. The van der Waals surface area contributed by atoms with E-state index in [2.05, 4.69) is 4.72 Å². The Morgan fingerprint density at radius 1 is 1.21 bits per heavy atom. The molecule has 1 aliphatic rings. The first-order valence-corrected chi connectivity index (χ1v) is 6.37. The predicted molar refractivity (Wildman–Crippen MR) is 55.3 cm³/mol. The molecule has 1 heterocycles. The maximum Gasteiger partial charge on any atom is 0.212 e.